The maximum Gasteiger partial charge on any atom is 0.236 e. The lowest BCUT2D eigenvalue weighted by Crippen LogP contribution is -2.03. The van der Waals surface area contributed by atoms with Crippen LogP contribution >= 0.6 is 0 Å². The first kappa shape index (κ1) is 25.3. The molecule has 0 saturated carbocycles. The molecule has 6 nitrogen and oxygen atoms in total. The molecule has 0 spiro atoms. The normalized spacial score (nSPS) is 12.5. The number of hydrogen-bond donors (Lipinski definition) is 0. The SMILES string of the molecule is c1cncc(-c2nc(-n3c4c5ccccc5ccc4c4c3c3cc5ccccc5c5c6ccccc6n4c35)nc3c2oc2ccccc23)c1. The standard InChI is InChI=1S/C43H23N5O/c1-4-14-28-24(10-1)19-20-31-38(28)48(43-45-36(26-12-9-21-44-23-26)42-37(46-43)30-16-6-8-18-34(30)49-42)41-32-22-25-11-2-3-13-27(25)35-29-15-5-7-17-33(29)47(39(32)35)40(31)41/h1-23H. The van der Waals surface area contributed by atoms with Crippen LogP contribution in [0.2, 0.25) is 0 Å². The molecule has 0 saturated heterocycles. The van der Waals surface area contributed by atoms with Gasteiger partial charge in [0.1, 0.15) is 16.8 Å². The summed E-state index contributed by atoms with van der Waals surface area (Å²) < 4.78 is 11.3. The minimum Gasteiger partial charge on any atom is -0.452 e. The number of furan rings is 1. The average molecular weight is 626 g/mol. The molecule has 0 aliphatic carbocycles. The summed E-state index contributed by atoms with van der Waals surface area (Å²) >= 11 is 0. The van der Waals surface area contributed by atoms with Gasteiger partial charge in [0.2, 0.25) is 5.95 Å². The second-order valence-electron chi connectivity index (χ2n) is 12.8. The van der Waals surface area contributed by atoms with Gasteiger partial charge in [-0.3, -0.25) is 9.55 Å². The number of aromatic nitrogens is 5. The van der Waals surface area contributed by atoms with Crippen molar-refractivity contribution in [2.75, 3.05) is 0 Å². The van der Waals surface area contributed by atoms with Gasteiger partial charge in [0.25, 0.3) is 0 Å². The van der Waals surface area contributed by atoms with E-state index in [9.17, 15) is 0 Å². The number of hydrogen-bond acceptors (Lipinski definition) is 4. The van der Waals surface area contributed by atoms with E-state index in [0.717, 1.165) is 54.8 Å². The summed E-state index contributed by atoms with van der Waals surface area (Å²) in [5.41, 5.74) is 9.53. The third-order valence-electron chi connectivity index (χ3n) is 10.3. The fraction of sp³-hybridized carbons (Fsp3) is 0. The fourth-order valence-electron chi connectivity index (χ4n) is 8.34. The van der Waals surface area contributed by atoms with Crippen LogP contribution in [0.5, 0.6) is 0 Å². The Morgan fingerprint density at radius 2 is 1.31 bits per heavy atom. The van der Waals surface area contributed by atoms with Crippen molar-refractivity contribution in [2.45, 2.75) is 0 Å². The second kappa shape index (κ2) is 8.97. The zero-order valence-corrected chi connectivity index (χ0v) is 25.9. The smallest absolute Gasteiger partial charge is 0.236 e. The van der Waals surface area contributed by atoms with Crippen molar-refractivity contribution in [1.82, 2.24) is 23.9 Å². The summed E-state index contributed by atoms with van der Waals surface area (Å²) in [6.07, 6.45) is 3.63. The highest BCUT2D eigenvalue weighted by molar-refractivity contribution is 6.34. The second-order valence-corrected chi connectivity index (χ2v) is 12.8. The van der Waals surface area contributed by atoms with Gasteiger partial charge >= 0.3 is 0 Å². The third kappa shape index (κ3) is 3.13. The molecular formula is C43H23N5O. The highest BCUT2D eigenvalue weighted by Crippen LogP contribution is 2.48. The molecule has 226 valence electrons. The highest BCUT2D eigenvalue weighted by Gasteiger charge is 2.28. The molecule has 0 fully saturated rings. The Bertz CT molecular complexity index is 3330. The van der Waals surface area contributed by atoms with E-state index in [1.807, 2.05) is 36.5 Å². The predicted molar refractivity (Wildman–Crippen MR) is 199 cm³/mol. The van der Waals surface area contributed by atoms with Gasteiger partial charge < -0.3 is 8.82 Å². The Balaban J connectivity index is 1.37. The van der Waals surface area contributed by atoms with Gasteiger partial charge in [0.15, 0.2) is 5.58 Å². The molecular weight excluding hydrogens is 603 g/mol. The van der Waals surface area contributed by atoms with Crippen LogP contribution in [0.3, 0.4) is 0 Å². The van der Waals surface area contributed by atoms with Crippen LogP contribution in [0.15, 0.2) is 144 Å². The van der Waals surface area contributed by atoms with Crippen molar-refractivity contribution in [3.63, 3.8) is 0 Å². The molecule has 0 N–H and O–H groups in total. The van der Waals surface area contributed by atoms with Gasteiger partial charge in [0, 0.05) is 50.3 Å². The molecule has 0 aliphatic heterocycles. The van der Waals surface area contributed by atoms with Crippen molar-refractivity contribution >= 4 is 92.7 Å². The molecule has 0 aliphatic rings. The molecule has 6 heterocycles. The zero-order chi connectivity index (χ0) is 31.8. The number of nitrogens with zero attached hydrogens (tertiary/aromatic N) is 5. The molecule has 6 aromatic heterocycles. The number of rotatable bonds is 2. The molecule has 0 radical (unpaired) electrons. The summed E-state index contributed by atoms with van der Waals surface area (Å²) in [5, 5.41) is 10.6. The molecule has 12 aromatic rings. The Kier molecular flexibility index (Phi) is 4.63. The van der Waals surface area contributed by atoms with Gasteiger partial charge in [-0.15, -0.1) is 0 Å². The lowest BCUT2D eigenvalue weighted by atomic mass is 10.0. The molecule has 0 atom stereocenters. The van der Waals surface area contributed by atoms with E-state index in [2.05, 4.69) is 111 Å². The maximum atomic E-state index is 6.48. The molecule has 6 aromatic carbocycles. The van der Waals surface area contributed by atoms with Crippen molar-refractivity contribution in [1.29, 1.82) is 0 Å². The third-order valence-corrected chi connectivity index (χ3v) is 10.3. The van der Waals surface area contributed by atoms with Crippen LogP contribution in [-0.4, -0.2) is 23.9 Å². The van der Waals surface area contributed by atoms with Crippen molar-refractivity contribution in [3.8, 4) is 17.2 Å². The molecule has 0 amide bonds. The first-order valence-corrected chi connectivity index (χ1v) is 16.5. The molecule has 49 heavy (non-hydrogen) atoms. The topological polar surface area (TPSA) is 61.2 Å². The summed E-state index contributed by atoms with van der Waals surface area (Å²) in [4.78, 5) is 15.2. The van der Waals surface area contributed by atoms with Gasteiger partial charge in [0.05, 0.1) is 27.6 Å². The van der Waals surface area contributed by atoms with Gasteiger partial charge in [-0.2, -0.15) is 0 Å². The van der Waals surface area contributed by atoms with E-state index >= 15 is 0 Å². The average Bonchev–Trinajstić information content (AvgIpc) is 3.90. The van der Waals surface area contributed by atoms with Crippen LogP contribution in [-0.2, 0) is 0 Å². The minimum atomic E-state index is 0.594. The van der Waals surface area contributed by atoms with Crippen molar-refractivity contribution < 1.29 is 4.42 Å². The Morgan fingerprint density at radius 1 is 0.531 bits per heavy atom. The van der Waals surface area contributed by atoms with E-state index < -0.39 is 0 Å². The zero-order valence-electron chi connectivity index (χ0n) is 25.9. The lowest BCUT2D eigenvalue weighted by molar-refractivity contribution is 0.666. The maximum absolute atomic E-state index is 6.48. The summed E-state index contributed by atoms with van der Waals surface area (Å²) in [5.74, 6) is 0.594. The summed E-state index contributed by atoms with van der Waals surface area (Å²) in [6, 6.07) is 45.0. The van der Waals surface area contributed by atoms with Crippen LogP contribution in [0.25, 0.3) is 110 Å². The molecule has 12 rings (SSSR count). The van der Waals surface area contributed by atoms with Gasteiger partial charge in [-0.25, -0.2) is 9.97 Å². The predicted octanol–water partition coefficient (Wildman–Crippen LogP) is 10.8. The number of fused-ring (bicyclic) bond motifs is 15. The van der Waals surface area contributed by atoms with Gasteiger partial charge in [-0.1, -0.05) is 91.0 Å². The molecule has 0 unspecified atom stereocenters. The van der Waals surface area contributed by atoms with Crippen LogP contribution < -0.4 is 0 Å². The van der Waals surface area contributed by atoms with Gasteiger partial charge in [-0.05, 0) is 52.6 Å². The minimum absolute atomic E-state index is 0.594. The van der Waals surface area contributed by atoms with E-state index in [0.29, 0.717) is 17.2 Å². The van der Waals surface area contributed by atoms with E-state index in [1.54, 1.807) is 6.20 Å². The Labute approximate surface area is 277 Å². The molecule has 6 heteroatoms. The lowest BCUT2D eigenvalue weighted by Gasteiger charge is -2.11. The van der Waals surface area contributed by atoms with Crippen LogP contribution in [0.1, 0.15) is 0 Å². The fourth-order valence-corrected chi connectivity index (χ4v) is 8.34. The highest BCUT2D eigenvalue weighted by atomic mass is 16.3. The van der Waals surface area contributed by atoms with E-state index in [4.69, 9.17) is 14.4 Å². The quantitative estimate of drug-likeness (QED) is 0.192. The van der Waals surface area contributed by atoms with E-state index in [-0.39, 0.29) is 0 Å². The van der Waals surface area contributed by atoms with Crippen molar-refractivity contribution in [2.24, 2.45) is 0 Å². The summed E-state index contributed by atoms with van der Waals surface area (Å²) in [7, 11) is 0. The largest absolute Gasteiger partial charge is 0.452 e. The van der Waals surface area contributed by atoms with Crippen molar-refractivity contribution in [3.05, 3.63) is 140 Å². The number of pyridine rings is 1. The Hall–Kier alpha value is -6.79. The Morgan fingerprint density at radius 3 is 2.18 bits per heavy atom. The number of benzene rings is 6. The monoisotopic (exact) mass is 625 g/mol. The summed E-state index contributed by atoms with van der Waals surface area (Å²) in [6.45, 7) is 0. The number of para-hydroxylation sites is 2. The first-order chi connectivity index (χ1) is 24.3. The van der Waals surface area contributed by atoms with Crippen LogP contribution in [0, 0.1) is 0 Å². The molecule has 0 bridgehead atoms. The first-order valence-electron chi connectivity index (χ1n) is 16.5. The van der Waals surface area contributed by atoms with E-state index in [1.165, 1.54) is 38.0 Å². The van der Waals surface area contributed by atoms with Crippen LogP contribution in [0.4, 0.5) is 0 Å².